The van der Waals surface area contributed by atoms with E-state index in [1.165, 1.54) is 11.1 Å². The predicted molar refractivity (Wildman–Crippen MR) is 79.9 cm³/mol. The normalized spacial score (nSPS) is 11.4. The molecule has 0 aromatic heterocycles. The third kappa shape index (κ3) is 5.65. The van der Waals surface area contributed by atoms with Crippen molar-refractivity contribution in [3.8, 4) is 0 Å². The van der Waals surface area contributed by atoms with Crippen LogP contribution in [0.3, 0.4) is 0 Å². The van der Waals surface area contributed by atoms with E-state index >= 15 is 0 Å². The van der Waals surface area contributed by atoms with Crippen LogP contribution in [0.5, 0.6) is 0 Å². The van der Waals surface area contributed by atoms with Gasteiger partial charge in [-0.1, -0.05) is 45.0 Å². The summed E-state index contributed by atoms with van der Waals surface area (Å²) in [4.78, 5) is 2.35. The van der Waals surface area contributed by atoms with Crippen LogP contribution in [0.25, 0.3) is 0 Å². The van der Waals surface area contributed by atoms with Crippen LogP contribution in [-0.4, -0.2) is 31.6 Å². The molecular weight excluding hydrogens is 220 g/mol. The van der Waals surface area contributed by atoms with Gasteiger partial charge in [-0.05, 0) is 50.1 Å². The molecule has 0 spiro atoms. The minimum Gasteiger partial charge on any atom is -0.316 e. The first kappa shape index (κ1) is 15.2. The van der Waals surface area contributed by atoms with Crippen LogP contribution in [-0.2, 0) is 13.0 Å². The SMILES string of the molecule is CCN(C)Cc1ccccc1CCNCC(C)C. The highest BCUT2D eigenvalue weighted by Gasteiger charge is 2.04. The van der Waals surface area contributed by atoms with Gasteiger partial charge in [0.1, 0.15) is 0 Å². The maximum atomic E-state index is 3.51. The van der Waals surface area contributed by atoms with E-state index in [0.29, 0.717) is 0 Å². The van der Waals surface area contributed by atoms with Crippen molar-refractivity contribution >= 4 is 0 Å². The molecule has 0 saturated heterocycles. The summed E-state index contributed by atoms with van der Waals surface area (Å²) in [7, 11) is 2.17. The molecule has 0 fully saturated rings. The Morgan fingerprint density at radius 1 is 1.17 bits per heavy atom. The third-order valence-corrected chi connectivity index (χ3v) is 3.22. The fourth-order valence-corrected chi connectivity index (χ4v) is 1.97. The highest BCUT2D eigenvalue weighted by atomic mass is 15.1. The van der Waals surface area contributed by atoms with E-state index in [1.807, 2.05) is 0 Å². The number of hydrogen-bond acceptors (Lipinski definition) is 2. The Balaban J connectivity index is 2.48. The molecule has 0 bridgehead atoms. The Labute approximate surface area is 112 Å². The molecule has 0 aliphatic rings. The summed E-state index contributed by atoms with van der Waals surface area (Å²) in [6.07, 6.45) is 1.13. The number of nitrogens with zero attached hydrogens (tertiary/aromatic N) is 1. The fraction of sp³-hybridized carbons (Fsp3) is 0.625. The Bertz CT molecular complexity index is 334. The van der Waals surface area contributed by atoms with Crippen LogP contribution in [0, 0.1) is 5.92 Å². The van der Waals surface area contributed by atoms with Crippen molar-refractivity contribution < 1.29 is 0 Å². The Hall–Kier alpha value is -0.860. The molecule has 0 aliphatic carbocycles. The minimum absolute atomic E-state index is 0.728. The zero-order valence-electron chi connectivity index (χ0n) is 12.4. The predicted octanol–water partition coefficient (Wildman–Crippen LogP) is 2.93. The van der Waals surface area contributed by atoms with Crippen molar-refractivity contribution in [1.82, 2.24) is 10.2 Å². The lowest BCUT2D eigenvalue weighted by molar-refractivity contribution is 0.344. The van der Waals surface area contributed by atoms with E-state index in [4.69, 9.17) is 0 Å². The molecular formula is C16H28N2. The van der Waals surface area contributed by atoms with Gasteiger partial charge in [0.25, 0.3) is 0 Å². The largest absolute Gasteiger partial charge is 0.316 e. The van der Waals surface area contributed by atoms with Crippen molar-refractivity contribution in [2.24, 2.45) is 5.92 Å². The van der Waals surface area contributed by atoms with Crippen molar-refractivity contribution in [1.29, 1.82) is 0 Å². The fourth-order valence-electron chi connectivity index (χ4n) is 1.97. The molecule has 1 aromatic rings. The Kier molecular flexibility index (Phi) is 6.99. The van der Waals surface area contributed by atoms with E-state index in [-0.39, 0.29) is 0 Å². The number of hydrogen-bond donors (Lipinski definition) is 1. The Morgan fingerprint density at radius 3 is 2.44 bits per heavy atom. The van der Waals surface area contributed by atoms with Crippen LogP contribution in [0.2, 0.25) is 0 Å². The van der Waals surface area contributed by atoms with E-state index in [9.17, 15) is 0 Å². The summed E-state index contributed by atoms with van der Waals surface area (Å²) in [5, 5.41) is 3.51. The topological polar surface area (TPSA) is 15.3 Å². The van der Waals surface area contributed by atoms with Gasteiger partial charge in [0, 0.05) is 6.54 Å². The van der Waals surface area contributed by atoms with E-state index in [1.54, 1.807) is 0 Å². The first-order chi connectivity index (χ1) is 8.63. The summed E-state index contributed by atoms with van der Waals surface area (Å²) >= 11 is 0. The van der Waals surface area contributed by atoms with E-state index < -0.39 is 0 Å². The summed E-state index contributed by atoms with van der Waals surface area (Å²) in [5.74, 6) is 0.728. The van der Waals surface area contributed by atoms with Gasteiger partial charge in [-0.3, -0.25) is 0 Å². The Morgan fingerprint density at radius 2 is 1.83 bits per heavy atom. The number of benzene rings is 1. The van der Waals surface area contributed by atoms with Crippen molar-refractivity contribution in [2.75, 3.05) is 26.7 Å². The summed E-state index contributed by atoms with van der Waals surface area (Å²) in [6.45, 7) is 11.0. The van der Waals surface area contributed by atoms with Gasteiger partial charge in [-0.15, -0.1) is 0 Å². The maximum Gasteiger partial charge on any atom is 0.0233 e. The van der Waals surface area contributed by atoms with Gasteiger partial charge < -0.3 is 10.2 Å². The molecule has 1 aromatic carbocycles. The van der Waals surface area contributed by atoms with Gasteiger partial charge in [0.15, 0.2) is 0 Å². The van der Waals surface area contributed by atoms with Gasteiger partial charge in [0.05, 0.1) is 0 Å². The molecule has 1 rings (SSSR count). The lowest BCUT2D eigenvalue weighted by Crippen LogP contribution is -2.23. The monoisotopic (exact) mass is 248 g/mol. The van der Waals surface area contributed by atoms with Crippen LogP contribution >= 0.6 is 0 Å². The zero-order chi connectivity index (χ0) is 13.4. The maximum absolute atomic E-state index is 3.51. The van der Waals surface area contributed by atoms with Crippen LogP contribution in [0.15, 0.2) is 24.3 Å². The lowest BCUT2D eigenvalue weighted by atomic mass is 10.0. The molecule has 0 heterocycles. The van der Waals surface area contributed by atoms with Gasteiger partial charge in [0.2, 0.25) is 0 Å². The molecule has 0 atom stereocenters. The second-order valence-electron chi connectivity index (χ2n) is 5.45. The van der Waals surface area contributed by atoms with Gasteiger partial charge in [-0.2, -0.15) is 0 Å². The average molecular weight is 248 g/mol. The third-order valence-electron chi connectivity index (χ3n) is 3.22. The molecule has 18 heavy (non-hydrogen) atoms. The molecule has 0 amide bonds. The van der Waals surface area contributed by atoms with Gasteiger partial charge in [-0.25, -0.2) is 0 Å². The second kappa shape index (κ2) is 8.28. The number of nitrogens with one attached hydrogen (secondary N) is 1. The molecule has 0 saturated carbocycles. The molecule has 2 heteroatoms. The molecule has 0 radical (unpaired) electrons. The van der Waals surface area contributed by atoms with Crippen molar-refractivity contribution in [2.45, 2.75) is 33.7 Å². The van der Waals surface area contributed by atoms with Crippen LogP contribution < -0.4 is 5.32 Å². The number of rotatable bonds is 8. The van der Waals surface area contributed by atoms with E-state index in [0.717, 1.165) is 38.5 Å². The van der Waals surface area contributed by atoms with Crippen molar-refractivity contribution in [3.05, 3.63) is 35.4 Å². The molecule has 102 valence electrons. The standard InChI is InChI=1S/C16H28N2/c1-5-18(4)13-16-9-7-6-8-15(16)10-11-17-12-14(2)3/h6-9,14,17H,5,10-13H2,1-4H3. The first-order valence-electron chi connectivity index (χ1n) is 7.09. The van der Waals surface area contributed by atoms with Crippen molar-refractivity contribution in [3.63, 3.8) is 0 Å². The average Bonchev–Trinajstić information content (AvgIpc) is 2.36. The summed E-state index contributed by atoms with van der Waals surface area (Å²) in [6, 6.07) is 8.80. The molecule has 1 N–H and O–H groups in total. The smallest absolute Gasteiger partial charge is 0.0233 e. The molecule has 0 aliphatic heterocycles. The van der Waals surface area contributed by atoms with Crippen LogP contribution in [0.4, 0.5) is 0 Å². The molecule has 0 unspecified atom stereocenters. The summed E-state index contributed by atoms with van der Waals surface area (Å²) in [5.41, 5.74) is 2.95. The highest BCUT2D eigenvalue weighted by molar-refractivity contribution is 5.27. The summed E-state index contributed by atoms with van der Waals surface area (Å²) < 4.78 is 0. The first-order valence-corrected chi connectivity index (χ1v) is 7.09. The zero-order valence-corrected chi connectivity index (χ0v) is 12.4. The van der Waals surface area contributed by atoms with Crippen LogP contribution in [0.1, 0.15) is 31.9 Å². The second-order valence-corrected chi connectivity index (χ2v) is 5.45. The quantitative estimate of drug-likeness (QED) is 0.712. The van der Waals surface area contributed by atoms with E-state index in [2.05, 4.69) is 62.3 Å². The lowest BCUT2D eigenvalue weighted by Gasteiger charge is -2.17. The highest BCUT2D eigenvalue weighted by Crippen LogP contribution is 2.11. The molecule has 2 nitrogen and oxygen atoms in total. The minimum atomic E-state index is 0.728. The van der Waals surface area contributed by atoms with Gasteiger partial charge >= 0.3 is 0 Å².